The van der Waals surface area contributed by atoms with Crippen LogP contribution in [0.3, 0.4) is 0 Å². The summed E-state index contributed by atoms with van der Waals surface area (Å²) in [5, 5.41) is 4.47. The molecule has 1 aromatic heterocycles. The molecule has 0 aliphatic heterocycles. The molecule has 5 nitrogen and oxygen atoms in total. The highest BCUT2D eigenvalue weighted by Gasteiger charge is 2.29. The predicted molar refractivity (Wildman–Crippen MR) is 80.4 cm³/mol. The number of nitrogens with two attached hydrogens (primary N) is 1. The monoisotopic (exact) mass is 280 g/mol. The summed E-state index contributed by atoms with van der Waals surface area (Å²) < 4.78 is 7.54. The zero-order chi connectivity index (χ0) is 14.5. The van der Waals surface area contributed by atoms with Crippen molar-refractivity contribution in [3.63, 3.8) is 0 Å². The van der Waals surface area contributed by atoms with E-state index in [2.05, 4.69) is 24.4 Å². The number of methoxy groups -OCH3 is 1. The molecule has 1 atom stereocenters. The van der Waals surface area contributed by atoms with E-state index in [1.165, 1.54) is 38.5 Å². The molecular formula is C15H28N4O. The minimum atomic E-state index is 0.118. The molecular weight excluding hydrogens is 252 g/mol. The van der Waals surface area contributed by atoms with Crippen molar-refractivity contribution >= 4 is 0 Å². The van der Waals surface area contributed by atoms with Gasteiger partial charge < -0.3 is 4.74 Å². The molecule has 5 heteroatoms. The topological polar surface area (TPSA) is 65.1 Å². The predicted octanol–water partition coefficient (Wildman–Crippen LogP) is 2.95. The third kappa shape index (κ3) is 3.15. The lowest BCUT2D eigenvalue weighted by molar-refractivity contribution is 0.294. The highest BCUT2D eigenvalue weighted by molar-refractivity contribution is 5.29. The van der Waals surface area contributed by atoms with E-state index in [4.69, 9.17) is 10.6 Å². The van der Waals surface area contributed by atoms with Gasteiger partial charge in [0.05, 0.1) is 25.0 Å². The summed E-state index contributed by atoms with van der Waals surface area (Å²) in [5.41, 5.74) is 4.13. The first-order valence-electron chi connectivity index (χ1n) is 7.76. The van der Waals surface area contributed by atoms with E-state index in [0.717, 1.165) is 11.4 Å². The van der Waals surface area contributed by atoms with Crippen LogP contribution in [0.25, 0.3) is 0 Å². The Morgan fingerprint density at radius 3 is 2.45 bits per heavy atom. The second kappa shape index (κ2) is 7.09. The average molecular weight is 280 g/mol. The number of hydrogen-bond donors (Lipinski definition) is 2. The summed E-state index contributed by atoms with van der Waals surface area (Å²) in [6, 6.07) is 0.420. The van der Waals surface area contributed by atoms with Gasteiger partial charge in [0.2, 0.25) is 0 Å². The van der Waals surface area contributed by atoms with E-state index in [1.54, 1.807) is 13.3 Å². The molecule has 114 valence electrons. The molecule has 2 rings (SSSR count). The first-order valence-corrected chi connectivity index (χ1v) is 7.76. The molecule has 3 N–H and O–H groups in total. The highest BCUT2D eigenvalue weighted by atomic mass is 16.5. The molecule has 1 unspecified atom stereocenters. The first kappa shape index (κ1) is 15.3. The minimum Gasteiger partial charge on any atom is -0.493 e. The summed E-state index contributed by atoms with van der Waals surface area (Å²) in [5.74, 6) is 7.29. The molecule has 0 amide bonds. The van der Waals surface area contributed by atoms with Gasteiger partial charge in [-0.2, -0.15) is 5.10 Å². The van der Waals surface area contributed by atoms with Gasteiger partial charge in [-0.05, 0) is 32.6 Å². The average Bonchev–Trinajstić information content (AvgIpc) is 2.67. The van der Waals surface area contributed by atoms with Crippen LogP contribution in [0.4, 0.5) is 0 Å². The Morgan fingerprint density at radius 2 is 1.95 bits per heavy atom. The summed E-state index contributed by atoms with van der Waals surface area (Å²) in [6.07, 6.45) is 9.52. The molecule has 1 saturated carbocycles. The van der Waals surface area contributed by atoms with Crippen LogP contribution in [0, 0.1) is 5.92 Å². The SMILES string of the molecule is COc1cnn(C(C)C)c1C(NN)C1CCCCCC1. The lowest BCUT2D eigenvalue weighted by Crippen LogP contribution is -2.35. The Morgan fingerprint density at radius 1 is 1.30 bits per heavy atom. The number of ether oxygens (including phenoxy) is 1. The number of hydrazine groups is 1. The van der Waals surface area contributed by atoms with Gasteiger partial charge in [0, 0.05) is 6.04 Å². The van der Waals surface area contributed by atoms with Crippen molar-refractivity contribution < 1.29 is 4.74 Å². The van der Waals surface area contributed by atoms with Crippen LogP contribution in [0.15, 0.2) is 6.20 Å². The second-order valence-electron chi connectivity index (χ2n) is 6.03. The summed E-state index contributed by atoms with van der Waals surface area (Å²) in [6.45, 7) is 4.27. The molecule has 1 aromatic rings. The molecule has 0 spiro atoms. The van der Waals surface area contributed by atoms with Gasteiger partial charge >= 0.3 is 0 Å². The zero-order valence-corrected chi connectivity index (χ0v) is 12.9. The van der Waals surface area contributed by atoms with Crippen molar-refractivity contribution in [3.8, 4) is 5.75 Å². The molecule has 0 saturated heterocycles. The van der Waals surface area contributed by atoms with Crippen LogP contribution in [-0.2, 0) is 0 Å². The standard InChI is InChI=1S/C15H28N4O/c1-11(2)19-15(13(20-3)10-17-19)14(18-16)12-8-6-4-5-7-9-12/h10-12,14,18H,4-9,16H2,1-3H3. The van der Waals surface area contributed by atoms with Crippen molar-refractivity contribution in [2.24, 2.45) is 11.8 Å². The van der Waals surface area contributed by atoms with Crippen LogP contribution in [-0.4, -0.2) is 16.9 Å². The molecule has 1 fully saturated rings. The van der Waals surface area contributed by atoms with Gasteiger partial charge in [0.25, 0.3) is 0 Å². The highest BCUT2D eigenvalue weighted by Crippen LogP contribution is 2.37. The van der Waals surface area contributed by atoms with Gasteiger partial charge in [-0.1, -0.05) is 25.7 Å². The van der Waals surface area contributed by atoms with Gasteiger partial charge in [0.1, 0.15) is 0 Å². The fraction of sp³-hybridized carbons (Fsp3) is 0.800. The van der Waals surface area contributed by atoms with Gasteiger partial charge in [-0.3, -0.25) is 16.0 Å². The van der Waals surface area contributed by atoms with E-state index < -0.39 is 0 Å². The maximum atomic E-state index is 5.89. The Hall–Kier alpha value is -1.07. The molecule has 1 heterocycles. The fourth-order valence-electron chi connectivity index (χ4n) is 3.30. The lowest BCUT2D eigenvalue weighted by Gasteiger charge is -2.27. The smallest absolute Gasteiger partial charge is 0.161 e. The van der Waals surface area contributed by atoms with Gasteiger partial charge in [-0.15, -0.1) is 0 Å². The number of nitrogens with zero attached hydrogens (tertiary/aromatic N) is 2. The van der Waals surface area contributed by atoms with Crippen molar-refractivity contribution in [2.45, 2.75) is 64.5 Å². The number of aromatic nitrogens is 2. The van der Waals surface area contributed by atoms with Crippen LogP contribution in [0.2, 0.25) is 0 Å². The van der Waals surface area contributed by atoms with E-state index >= 15 is 0 Å². The Labute approximate surface area is 121 Å². The molecule has 1 aliphatic rings. The third-order valence-corrected chi connectivity index (χ3v) is 4.35. The maximum absolute atomic E-state index is 5.89. The molecule has 20 heavy (non-hydrogen) atoms. The number of rotatable bonds is 5. The van der Waals surface area contributed by atoms with Crippen molar-refractivity contribution in [1.82, 2.24) is 15.2 Å². The van der Waals surface area contributed by atoms with E-state index in [-0.39, 0.29) is 6.04 Å². The van der Waals surface area contributed by atoms with E-state index in [1.807, 2.05) is 4.68 Å². The fourth-order valence-corrected chi connectivity index (χ4v) is 3.30. The first-order chi connectivity index (χ1) is 9.69. The number of hydrogen-bond acceptors (Lipinski definition) is 4. The largest absolute Gasteiger partial charge is 0.493 e. The normalized spacial score (nSPS) is 19.1. The zero-order valence-electron chi connectivity index (χ0n) is 12.9. The van der Waals surface area contributed by atoms with Crippen molar-refractivity contribution in [3.05, 3.63) is 11.9 Å². The van der Waals surface area contributed by atoms with Crippen molar-refractivity contribution in [2.75, 3.05) is 7.11 Å². The molecule has 0 radical (unpaired) electrons. The maximum Gasteiger partial charge on any atom is 0.161 e. The molecule has 0 bridgehead atoms. The lowest BCUT2D eigenvalue weighted by atomic mass is 9.89. The van der Waals surface area contributed by atoms with E-state index in [9.17, 15) is 0 Å². The third-order valence-electron chi connectivity index (χ3n) is 4.35. The Kier molecular flexibility index (Phi) is 5.43. The molecule has 0 aromatic carbocycles. The quantitative estimate of drug-likeness (QED) is 0.494. The molecule has 1 aliphatic carbocycles. The Balaban J connectivity index is 2.31. The number of nitrogens with one attached hydrogen (secondary N) is 1. The van der Waals surface area contributed by atoms with Crippen LogP contribution >= 0.6 is 0 Å². The Bertz CT molecular complexity index is 408. The minimum absolute atomic E-state index is 0.118. The van der Waals surface area contributed by atoms with Crippen LogP contribution in [0.5, 0.6) is 5.75 Å². The van der Waals surface area contributed by atoms with Crippen LogP contribution in [0.1, 0.15) is 70.2 Å². The van der Waals surface area contributed by atoms with Crippen LogP contribution < -0.4 is 16.0 Å². The second-order valence-corrected chi connectivity index (χ2v) is 6.03. The summed E-state index contributed by atoms with van der Waals surface area (Å²) in [7, 11) is 1.70. The van der Waals surface area contributed by atoms with Gasteiger partial charge in [-0.25, -0.2) is 0 Å². The summed E-state index contributed by atoms with van der Waals surface area (Å²) in [4.78, 5) is 0. The summed E-state index contributed by atoms with van der Waals surface area (Å²) >= 11 is 0. The van der Waals surface area contributed by atoms with E-state index in [0.29, 0.717) is 12.0 Å². The van der Waals surface area contributed by atoms with Crippen molar-refractivity contribution in [1.29, 1.82) is 0 Å². The van der Waals surface area contributed by atoms with Gasteiger partial charge in [0.15, 0.2) is 5.75 Å².